The first kappa shape index (κ1) is 14.6. The molecule has 0 aliphatic heterocycles. The van der Waals surface area contributed by atoms with Crippen molar-refractivity contribution in [1.29, 1.82) is 0 Å². The SMILES string of the molecule is Cc1nc2ccccc2nc1N(CCCl)C1CCCCC1. The largest absolute Gasteiger partial charge is 0.351 e. The fraction of sp³-hybridized carbons (Fsp3) is 0.529. The molecule has 0 saturated heterocycles. The van der Waals surface area contributed by atoms with E-state index < -0.39 is 0 Å². The second-order valence-corrected chi connectivity index (χ2v) is 6.17. The van der Waals surface area contributed by atoms with E-state index in [2.05, 4.69) is 11.8 Å². The second-order valence-electron chi connectivity index (χ2n) is 5.80. The quantitative estimate of drug-likeness (QED) is 0.788. The third-order valence-corrected chi connectivity index (χ3v) is 4.50. The fourth-order valence-electron chi connectivity index (χ4n) is 3.30. The highest BCUT2D eigenvalue weighted by Gasteiger charge is 2.23. The lowest BCUT2D eigenvalue weighted by atomic mass is 9.94. The maximum atomic E-state index is 6.05. The van der Waals surface area contributed by atoms with Gasteiger partial charge < -0.3 is 4.90 Å². The zero-order valence-electron chi connectivity index (χ0n) is 12.6. The summed E-state index contributed by atoms with van der Waals surface area (Å²) in [5, 5.41) is 0. The number of aromatic nitrogens is 2. The number of benzene rings is 1. The van der Waals surface area contributed by atoms with Crippen LogP contribution in [0.4, 0.5) is 5.82 Å². The Hall–Kier alpha value is -1.35. The Kier molecular flexibility index (Phi) is 4.59. The minimum Gasteiger partial charge on any atom is -0.351 e. The van der Waals surface area contributed by atoms with Crippen molar-refractivity contribution < 1.29 is 0 Å². The van der Waals surface area contributed by atoms with E-state index in [-0.39, 0.29) is 0 Å². The first-order valence-corrected chi connectivity index (χ1v) is 8.39. The van der Waals surface area contributed by atoms with E-state index in [9.17, 15) is 0 Å². The van der Waals surface area contributed by atoms with E-state index >= 15 is 0 Å². The summed E-state index contributed by atoms with van der Waals surface area (Å²) < 4.78 is 0. The van der Waals surface area contributed by atoms with E-state index in [1.807, 2.05) is 24.3 Å². The Balaban J connectivity index is 1.99. The van der Waals surface area contributed by atoms with Crippen molar-refractivity contribution in [3.05, 3.63) is 30.0 Å². The molecule has 2 aromatic rings. The van der Waals surface area contributed by atoms with Crippen molar-refractivity contribution in [2.45, 2.75) is 45.1 Å². The van der Waals surface area contributed by atoms with Crippen molar-refractivity contribution in [1.82, 2.24) is 9.97 Å². The molecule has 21 heavy (non-hydrogen) atoms. The third-order valence-electron chi connectivity index (χ3n) is 4.33. The van der Waals surface area contributed by atoms with Gasteiger partial charge in [-0.1, -0.05) is 31.4 Å². The molecule has 0 N–H and O–H groups in total. The van der Waals surface area contributed by atoms with Gasteiger partial charge in [-0.3, -0.25) is 0 Å². The van der Waals surface area contributed by atoms with Crippen molar-refractivity contribution in [3.8, 4) is 0 Å². The molecule has 1 aliphatic carbocycles. The highest BCUT2D eigenvalue weighted by Crippen LogP contribution is 2.28. The lowest BCUT2D eigenvalue weighted by Crippen LogP contribution is -2.39. The maximum Gasteiger partial charge on any atom is 0.151 e. The number of aryl methyl sites for hydroxylation is 1. The molecule has 0 unspecified atom stereocenters. The van der Waals surface area contributed by atoms with E-state index in [1.165, 1.54) is 32.1 Å². The fourth-order valence-corrected chi connectivity index (χ4v) is 3.48. The van der Waals surface area contributed by atoms with Crippen LogP contribution in [0.25, 0.3) is 11.0 Å². The molecule has 0 bridgehead atoms. The summed E-state index contributed by atoms with van der Waals surface area (Å²) in [5.74, 6) is 1.64. The molecule has 0 amide bonds. The number of rotatable bonds is 4. The molecule has 1 fully saturated rings. The van der Waals surface area contributed by atoms with Gasteiger partial charge in [0.05, 0.1) is 16.7 Å². The highest BCUT2D eigenvalue weighted by atomic mass is 35.5. The lowest BCUT2D eigenvalue weighted by Gasteiger charge is -2.35. The summed E-state index contributed by atoms with van der Waals surface area (Å²) in [6.45, 7) is 2.90. The van der Waals surface area contributed by atoms with Crippen LogP contribution in [0.1, 0.15) is 37.8 Å². The van der Waals surface area contributed by atoms with Crippen LogP contribution < -0.4 is 4.90 Å². The minimum absolute atomic E-state index is 0.562. The molecule has 3 nitrogen and oxygen atoms in total. The molecule has 3 rings (SSSR count). The molecule has 0 radical (unpaired) electrons. The van der Waals surface area contributed by atoms with Gasteiger partial charge in [-0.15, -0.1) is 11.6 Å². The molecule has 1 aromatic heterocycles. The van der Waals surface area contributed by atoms with E-state index in [4.69, 9.17) is 21.6 Å². The normalized spacial score (nSPS) is 16.3. The smallest absolute Gasteiger partial charge is 0.151 e. The Bertz CT molecular complexity index is 608. The average Bonchev–Trinajstić information content (AvgIpc) is 2.53. The van der Waals surface area contributed by atoms with E-state index in [0.29, 0.717) is 11.9 Å². The van der Waals surface area contributed by atoms with Crippen molar-refractivity contribution in [2.24, 2.45) is 0 Å². The Labute approximate surface area is 131 Å². The van der Waals surface area contributed by atoms with Gasteiger partial charge in [0.1, 0.15) is 0 Å². The number of halogens is 1. The molecular weight excluding hydrogens is 282 g/mol. The summed E-state index contributed by atoms with van der Waals surface area (Å²) >= 11 is 6.05. The molecular formula is C17H22ClN3. The van der Waals surface area contributed by atoms with Crippen LogP contribution in [0.3, 0.4) is 0 Å². The van der Waals surface area contributed by atoms with Crippen molar-refractivity contribution in [2.75, 3.05) is 17.3 Å². The Morgan fingerprint density at radius 3 is 2.43 bits per heavy atom. The van der Waals surface area contributed by atoms with Crippen LogP contribution in [0, 0.1) is 6.92 Å². The predicted octanol–water partition coefficient (Wildman–Crippen LogP) is 4.32. The minimum atomic E-state index is 0.562. The summed E-state index contributed by atoms with van der Waals surface area (Å²) in [4.78, 5) is 12.0. The van der Waals surface area contributed by atoms with E-state index in [0.717, 1.165) is 29.1 Å². The number of nitrogens with zero attached hydrogens (tertiary/aromatic N) is 3. The highest BCUT2D eigenvalue weighted by molar-refractivity contribution is 6.18. The number of para-hydroxylation sites is 2. The molecule has 1 aliphatic rings. The van der Waals surface area contributed by atoms with E-state index in [1.54, 1.807) is 0 Å². The molecule has 1 aromatic carbocycles. The van der Waals surface area contributed by atoms with Crippen molar-refractivity contribution >= 4 is 28.5 Å². The Morgan fingerprint density at radius 2 is 1.76 bits per heavy atom. The second kappa shape index (κ2) is 6.61. The van der Waals surface area contributed by atoms with Gasteiger partial charge in [0.25, 0.3) is 0 Å². The van der Waals surface area contributed by atoms with Gasteiger partial charge in [0.2, 0.25) is 0 Å². The molecule has 1 heterocycles. The van der Waals surface area contributed by atoms with Gasteiger partial charge in [-0.2, -0.15) is 0 Å². The molecule has 112 valence electrons. The van der Waals surface area contributed by atoms with Crippen molar-refractivity contribution in [3.63, 3.8) is 0 Å². The molecule has 4 heteroatoms. The monoisotopic (exact) mass is 303 g/mol. The van der Waals surface area contributed by atoms with Crippen LogP contribution in [0.5, 0.6) is 0 Å². The van der Waals surface area contributed by atoms with Gasteiger partial charge in [-0.25, -0.2) is 9.97 Å². The predicted molar refractivity (Wildman–Crippen MR) is 89.2 cm³/mol. The topological polar surface area (TPSA) is 29.0 Å². The van der Waals surface area contributed by atoms with Gasteiger partial charge in [-0.05, 0) is 31.9 Å². The first-order chi connectivity index (χ1) is 10.3. The molecule has 0 atom stereocenters. The number of anilines is 1. The summed E-state index contributed by atoms with van der Waals surface area (Å²) in [7, 11) is 0. The first-order valence-electron chi connectivity index (χ1n) is 7.85. The molecule has 1 saturated carbocycles. The molecule has 0 spiro atoms. The summed E-state index contributed by atoms with van der Waals surface area (Å²) in [6, 6.07) is 8.64. The van der Waals surface area contributed by atoms with Crippen LogP contribution >= 0.6 is 11.6 Å². The van der Waals surface area contributed by atoms with Crippen LogP contribution in [0.15, 0.2) is 24.3 Å². The average molecular weight is 304 g/mol. The van der Waals surface area contributed by atoms with Gasteiger partial charge >= 0.3 is 0 Å². The van der Waals surface area contributed by atoms with Gasteiger partial charge in [0, 0.05) is 18.5 Å². The maximum absolute atomic E-state index is 6.05. The number of fused-ring (bicyclic) bond motifs is 1. The number of hydrogen-bond acceptors (Lipinski definition) is 3. The summed E-state index contributed by atoms with van der Waals surface area (Å²) in [6.07, 6.45) is 6.45. The number of hydrogen-bond donors (Lipinski definition) is 0. The zero-order chi connectivity index (χ0) is 14.7. The number of alkyl halides is 1. The van der Waals surface area contributed by atoms with Crippen LogP contribution in [-0.4, -0.2) is 28.4 Å². The lowest BCUT2D eigenvalue weighted by molar-refractivity contribution is 0.416. The zero-order valence-corrected chi connectivity index (χ0v) is 13.3. The third kappa shape index (κ3) is 3.13. The van der Waals surface area contributed by atoms with Gasteiger partial charge in [0.15, 0.2) is 5.82 Å². The van der Waals surface area contributed by atoms with Crippen LogP contribution in [-0.2, 0) is 0 Å². The van der Waals surface area contributed by atoms with Crippen LogP contribution in [0.2, 0.25) is 0 Å². The summed E-state index contributed by atoms with van der Waals surface area (Å²) in [5.41, 5.74) is 2.94. The Morgan fingerprint density at radius 1 is 1.10 bits per heavy atom. The standard InChI is InChI=1S/C17H22ClN3/c1-13-17(20-16-10-6-5-9-15(16)19-13)21(12-11-18)14-7-3-2-4-8-14/h5-6,9-10,14H,2-4,7-8,11-12H2,1H3.